The first kappa shape index (κ1) is 92.8. The third-order valence-electron chi connectivity index (χ3n) is 19.3. The SMILES string of the molecule is CC1=CC=C(C)S1(=O)=O.CC1=CS(=O)(=O)C(C)=CS1(=O)=O.Cc1ccc(CS(=O)(=O)Cc2ccc(C)cc2)cc1.Cc1ccc(S(=O)(=O)c2ccc(S(=O)(=O)c3ccc(C)cc3)cc2)cc1.Cc1ccc2c(c1)-c1cc(C)ccc1S2(=O)=O.Cc1ccc2c(c1)S(=O)(=O)c1cc(C)ccc1-2.Cc1cccc(CS(=O)(=O)Cc2cccc(C)c2)c1. The maximum atomic E-state index is 12.7. The Morgan fingerprint density at radius 1 is 0.218 bits per heavy atom. The molecule has 0 fully saturated rings. The predicted molar refractivity (Wildman–Crippen MR) is 472 cm³/mol. The molecule has 27 heteroatoms. The fourth-order valence-corrected chi connectivity index (χ4v) is 25.7. The molecule has 624 valence electrons. The van der Waals surface area contributed by atoms with Gasteiger partial charge in [-0.1, -0.05) is 214 Å². The van der Waals surface area contributed by atoms with Crippen molar-refractivity contribution in [3.05, 3.63) is 363 Å². The summed E-state index contributed by atoms with van der Waals surface area (Å²) in [6.07, 6.45) is 3.23. The Hall–Kier alpha value is -10.1. The van der Waals surface area contributed by atoms with E-state index in [1.165, 1.54) is 38.1 Å². The van der Waals surface area contributed by atoms with Gasteiger partial charge in [0.15, 0.2) is 49.2 Å². The maximum absolute atomic E-state index is 12.7. The molecule has 0 saturated carbocycles. The molecule has 4 aliphatic heterocycles. The van der Waals surface area contributed by atoms with Gasteiger partial charge in [0.1, 0.15) is 0 Å². The molecule has 11 aromatic rings. The van der Waals surface area contributed by atoms with Crippen LogP contribution in [-0.2, 0) is 112 Å². The molecule has 0 bridgehead atoms. The minimum absolute atomic E-state index is 0.0595. The quantitative estimate of drug-likeness (QED) is 0.110. The van der Waals surface area contributed by atoms with Crippen molar-refractivity contribution in [1.82, 2.24) is 0 Å². The smallest absolute Gasteiger partial charge is 0.207 e. The first-order valence-electron chi connectivity index (χ1n) is 37.2. The summed E-state index contributed by atoms with van der Waals surface area (Å²) in [6, 6.07) is 71.1. The molecule has 18 nitrogen and oxygen atoms in total. The van der Waals surface area contributed by atoms with Crippen molar-refractivity contribution in [3.63, 3.8) is 0 Å². The van der Waals surface area contributed by atoms with Crippen molar-refractivity contribution in [2.45, 2.75) is 159 Å². The average Bonchev–Trinajstić information content (AvgIpc) is 1.59. The van der Waals surface area contributed by atoms with E-state index in [4.69, 9.17) is 0 Å². The normalized spacial score (nSPS) is 15.1. The van der Waals surface area contributed by atoms with E-state index in [1.807, 2.05) is 215 Å². The molecular weight excluding hydrogens is 1680 g/mol. The van der Waals surface area contributed by atoms with Crippen LogP contribution in [0.25, 0.3) is 22.3 Å². The molecule has 0 saturated heterocycles. The van der Waals surface area contributed by atoms with Crippen molar-refractivity contribution < 1.29 is 75.8 Å². The largest absolute Gasteiger partial charge is 0.228 e. The Morgan fingerprint density at radius 2 is 0.471 bits per heavy atom. The first-order valence-corrected chi connectivity index (χ1v) is 51.3. The summed E-state index contributed by atoms with van der Waals surface area (Å²) in [5, 5.41) is 1.55. The van der Waals surface area contributed by atoms with E-state index in [1.54, 1.807) is 98.8 Å². The lowest BCUT2D eigenvalue weighted by molar-refractivity contribution is 0.592. The Labute approximate surface area is 702 Å². The van der Waals surface area contributed by atoms with E-state index >= 15 is 0 Å². The molecule has 0 atom stereocenters. The van der Waals surface area contributed by atoms with Gasteiger partial charge in [-0.2, -0.15) is 0 Å². The van der Waals surface area contributed by atoms with Gasteiger partial charge in [0.25, 0.3) is 0 Å². The van der Waals surface area contributed by atoms with Gasteiger partial charge in [-0.15, -0.1) is 0 Å². The lowest BCUT2D eigenvalue weighted by Gasteiger charge is -2.08. The summed E-state index contributed by atoms with van der Waals surface area (Å²) in [7, 11) is -30.1. The third kappa shape index (κ3) is 23.5. The van der Waals surface area contributed by atoms with E-state index in [-0.39, 0.29) is 52.4 Å². The standard InChI is InChI=1S/C20H18O4S2.2C16H18O2S.2C14H12O2S.C6H8O4S2.C6H8O2S/c1-15-3-7-17(8-4-15)25(21,22)19-11-13-20(14-12-19)26(23,24)18-9-5-16(2)6-10-18;1-13-3-7-15(8-4-13)11-19(17,18)12-16-9-5-14(2)6-10-16;1-13-5-3-7-15(9-13)11-19(17,18)12-16-8-4-6-14(2)10-16;1-9-3-5-13-11(7-9)12-8-10(2)4-6-14(12)17(13,15)16;1-9-3-5-11-12-6-4-10(2)8-14(12)17(15,16)13(11)7-9;1-5-3-12(9,10)6(2)4-11(5,7)8;1-5-3-4-6(2)9(5,7)8/h3-14H,1-2H3;2*3-10H,11-12H2,1-2H3;2*3-8H,1-2H3;3-4H,1-2H3;3-4H,1-2H3. The van der Waals surface area contributed by atoms with Crippen molar-refractivity contribution >= 4 is 88.5 Å². The van der Waals surface area contributed by atoms with Crippen molar-refractivity contribution in [2.24, 2.45) is 0 Å². The topological polar surface area (TPSA) is 307 Å². The minimum atomic E-state index is -3.68. The molecule has 0 unspecified atom stereocenters. The Kier molecular flexibility index (Phi) is 29.1. The third-order valence-corrected chi connectivity index (χ3v) is 35.3. The molecule has 0 aliphatic carbocycles. The molecule has 4 heterocycles. The molecule has 0 amide bonds. The minimum Gasteiger partial charge on any atom is -0.228 e. The van der Waals surface area contributed by atoms with Crippen LogP contribution in [0.15, 0.2) is 324 Å². The highest BCUT2D eigenvalue weighted by molar-refractivity contribution is 8.04. The number of fused-ring (bicyclic) bond motifs is 6. The van der Waals surface area contributed by atoms with Gasteiger partial charge < -0.3 is 0 Å². The van der Waals surface area contributed by atoms with E-state index in [0.29, 0.717) is 29.4 Å². The number of aryl methyl sites for hydroxylation is 10. The number of benzene rings is 11. The van der Waals surface area contributed by atoms with Crippen LogP contribution in [0.4, 0.5) is 0 Å². The van der Waals surface area contributed by atoms with Gasteiger partial charge in [-0.3, -0.25) is 0 Å². The van der Waals surface area contributed by atoms with Crippen LogP contribution in [0.5, 0.6) is 0 Å². The van der Waals surface area contributed by atoms with Crippen LogP contribution in [0.1, 0.15) is 106 Å². The summed E-state index contributed by atoms with van der Waals surface area (Å²) in [5.74, 6) is 0.396. The highest BCUT2D eigenvalue weighted by Crippen LogP contribution is 2.45. The zero-order chi connectivity index (χ0) is 87.8. The average molecular weight is 1780 g/mol. The van der Waals surface area contributed by atoms with E-state index < -0.39 is 88.5 Å². The zero-order valence-electron chi connectivity index (χ0n) is 68.3. The van der Waals surface area contributed by atoms with Crippen molar-refractivity contribution in [3.8, 4) is 22.3 Å². The second kappa shape index (κ2) is 37.3. The van der Waals surface area contributed by atoms with Crippen LogP contribution in [0, 0.1) is 69.2 Å². The molecule has 4 aliphatic rings. The number of rotatable bonds is 12. The first-order chi connectivity index (χ1) is 55.4. The molecule has 0 spiro atoms. The lowest BCUT2D eigenvalue weighted by atomic mass is 10.0. The van der Waals surface area contributed by atoms with Crippen LogP contribution >= 0.6 is 0 Å². The van der Waals surface area contributed by atoms with Gasteiger partial charge in [0.05, 0.1) is 72.0 Å². The second-order valence-electron chi connectivity index (χ2n) is 29.7. The number of allylic oxidation sites excluding steroid dienone is 6. The monoisotopic (exact) mass is 1770 g/mol. The lowest BCUT2D eigenvalue weighted by Crippen LogP contribution is -2.10. The van der Waals surface area contributed by atoms with Gasteiger partial charge in [-0.25, -0.2) is 75.8 Å². The van der Waals surface area contributed by atoms with Crippen LogP contribution in [0.2, 0.25) is 0 Å². The number of hydrogen-bond acceptors (Lipinski definition) is 18. The molecule has 0 radical (unpaired) electrons. The Balaban J connectivity index is 0.000000161. The van der Waals surface area contributed by atoms with Gasteiger partial charge >= 0.3 is 0 Å². The van der Waals surface area contributed by atoms with Crippen molar-refractivity contribution in [2.75, 3.05) is 0 Å². The number of sulfone groups is 9. The maximum Gasteiger partial charge on any atom is 0.207 e. The summed E-state index contributed by atoms with van der Waals surface area (Å²) in [4.78, 5) is 2.85. The molecule has 0 aromatic heterocycles. The predicted octanol–water partition coefficient (Wildman–Crippen LogP) is 18.8. The van der Waals surface area contributed by atoms with Crippen LogP contribution < -0.4 is 0 Å². The summed E-state index contributed by atoms with van der Waals surface area (Å²) >= 11 is 0. The van der Waals surface area contributed by atoms with E-state index in [2.05, 4.69) is 0 Å². The summed E-state index contributed by atoms with van der Waals surface area (Å²) in [5.41, 5.74) is 17.2. The fraction of sp³-hybridized carbons (Fsp3) is 0.196. The van der Waals surface area contributed by atoms with Gasteiger partial charge in [0.2, 0.25) is 39.3 Å². The van der Waals surface area contributed by atoms with Crippen LogP contribution in [0.3, 0.4) is 0 Å². The van der Waals surface area contributed by atoms with E-state index in [9.17, 15) is 75.8 Å². The van der Waals surface area contributed by atoms with Gasteiger partial charge in [-0.05, 0) is 215 Å². The highest BCUT2D eigenvalue weighted by atomic mass is 32.2. The molecular formula is C92H94O18S9. The van der Waals surface area contributed by atoms with E-state index in [0.717, 1.165) is 111 Å². The van der Waals surface area contributed by atoms with Crippen molar-refractivity contribution in [1.29, 1.82) is 0 Å². The number of hydrogen-bond donors (Lipinski definition) is 0. The summed E-state index contributed by atoms with van der Waals surface area (Å²) in [6.45, 7) is 25.1. The Bertz CT molecular complexity index is 6570. The summed E-state index contributed by atoms with van der Waals surface area (Å²) < 4.78 is 215. The molecule has 119 heavy (non-hydrogen) atoms. The molecule has 0 N–H and O–H groups in total. The van der Waals surface area contributed by atoms with Gasteiger partial charge in [0, 0.05) is 42.9 Å². The highest BCUT2D eigenvalue weighted by Gasteiger charge is 2.35. The van der Waals surface area contributed by atoms with Crippen LogP contribution in [-0.4, -0.2) is 75.8 Å². The molecule has 11 aromatic carbocycles. The second-order valence-corrected chi connectivity index (χ2v) is 47.8. The Morgan fingerprint density at radius 3 is 0.765 bits per heavy atom. The molecule has 15 rings (SSSR count). The fourth-order valence-electron chi connectivity index (χ4n) is 12.6. The zero-order valence-corrected chi connectivity index (χ0v) is 75.6.